The fraction of sp³-hybridized carbons (Fsp3) is 0.125. The Labute approximate surface area is 143 Å². The van der Waals surface area contributed by atoms with Crippen molar-refractivity contribution in [1.29, 1.82) is 5.26 Å². The van der Waals surface area contributed by atoms with Gasteiger partial charge in [-0.2, -0.15) is 18.4 Å². The van der Waals surface area contributed by atoms with Crippen LogP contribution in [0.2, 0.25) is 0 Å². The van der Waals surface area contributed by atoms with Gasteiger partial charge in [0.1, 0.15) is 5.69 Å². The molecule has 3 aromatic rings. The van der Waals surface area contributed by atoms with Crippen LogP contribution in [0.1, 0.15) is 27.7 Å². The van der Waals surface area contributed by atoms with E-state index in [0.717, 1.165) is 23.5 Å². The summed E-state index contributed by atoms with van der Waals surface area (Å²) >= 11 is 1.16. The van der Waals surface area contributed by atoms with Crippen molar-refractivity contribution in [3.63, 3.8) is 0 Å². The molecule has 1 atom stereocenters. The summed E-state index contributed by atoms with van der Waals surface area (Å²) in [7, 11) is 0. The average Bonchev–Trinajstić information content (AvgIpc) is 3.26. The van der Waals surface area contributed by atoms with Gasteiger partial charge in [-0.3, -0.25) is 9.78 Å². The lowest BCUT2D eigenvalue weighted by Crippen LogP contribution is -2.14. The van der Waals surface area contributed by atoms with Crippen LogP contribution < -0.4 is 0 Å². The molecular formula is C16H8F3N3O2S. The van der Waals surface area contributed by atoms with E-state index in [2.05, 4.69) is 9.97 Å². The smallest absolute Gasteiger partial charge is 0.417 e. The first-order valence-corrected chi connectivity index (χ1v) is 7.74. The number of Topliss-reactive ketones (excluding diaryl/α,β-unsaturated/α-hetero) is 1. The molecule has 0 amide bonds. The molecule has 0 aliphatic heterocycles. The summed E-state index contributed by atoms with van der Waals surface area (Å²) < 4.78 is 42.9. The minimum Gasteiger partial charge on any atom is -0.462 e. The summed E-state index contributed by atoms with van der Waals surface area (Å²) in [6, 6.07) is 6.92. The molecule has 0 saturated heterocycles. The minimum absolute atomic E-state index is 0.0321. The lowest BCUT2D eigenvalue weighted by molar-refractivity contribution is -0.137. The maximum atomic E-state index is 12.6. The van der Waals surface area contributed by atoms with Gasteiger partial charge < -0.3 is 4.42 Å². The van der Waals surface area contributed by atoms with Crippen molar-refractivity contribution in [2.75, 3.05) is 0 Å². The summed E-state index contributed by atoms with van der Waals surface area (Å²) in [5.74, 6) is -1.50. The molecule has 0 unspecified atom stereocenters. The number of nitriles is 1. The zero-order valence-electron chi connectivity index (χ0n) is 12.3. The Bertz CT molecular complexity index is 925. The van der Waals surface area contributed by atoms with Crippen molar-refractivity contribution in [2.24, 2.45) is 0 Å². The number of aromatic nitrogens is 2. The highest BCUT2D eigenvalue weighted by molar-refractivity contribution is 7.13. The second kappa shape index (κ2) is 6.49. The van der Waals surface area contributed by atoms with Crippen LogP contribution >= 0.6 is 11.3 Å². The molecule has 25 heavy (non-hydrogen) atoms. The Balaban J connectivity index is 1.86. The molecule has 0 aliphatic rings. The van der Waals surface area contributed by atoms with Crippen LogP contribution in [0.4, 0.5) is 13.2 Å². The molecule has 0 radical (unpaired) electrons. The van der Waals surface area contributed by atoms with E-state index in [0.29, 0.717) is 17.0 Å². The van der Waals surface area contributed by atoms with Crippen LogP contribution in [0.5, 0.6) is 0 Å². The van der Waals surface area contributed by atoms with Gasteiger partial charge in [-0.15, -0.1) is 11.3 Å². The average molecular weight is 363 g/mol. The van der Waals surface area contributed by atoms with E-state index in [1.807, 2.05) is 0 Å². The monoisotopic (exact) mass is 363 g/mol. The van der Waals surface area contributed by atoms with Gasteiger partial charge in [0.15, 0.2) is 16.7 Å². The van der Waals surface area contributed by atoms with E-state index in [-0.39, 0.29) is 11.4 Å². The largest absolute Gasteiger partial charge is 0.462 e. The van der Waals surface area contributed by atoms with Crippen LogP contribution in [0, 0.1) is 11.3 Å². The minimum atomic E-state index is -4.54. The first-order valence-electron chi connectivity index (χ1n) is 6.86. The SMILES string of the molecule is N#C[C@@H](C(=O)c1csc(-c2ccco2)n1)c1ccc(C(F)(F)F)cn1. The number of rotatable bonds is 4. The molecule has 3 aromatic heterocycles. The van der Waals surface area contributed by atoms with Crippen molar-refractivity contribution in [2.45, 2.75) is 12.1 Å². The zero-order chi connectivity index (χ0) is 18.0. The third-order valence-electron chi connectivity index (χ3n) is 3.29. The molecule has 0 aromatic carbocycles. The van der Waals surface area contributed by atoms with Crippen LogP contribution in [0.3, 0.4) is 0 Å². The Kier molecular flexibility index (Phi) is 4.37. The van der Waals surface area contributed by atoms with Gasteiger partial charge in [-0.25, -0.2) is 4.98 Å². The number of thiazole rings is 1. The lowest BCUT2D eigenvalue weighted by atomic mass is 9.99. The highest BCUT2D eigenvalue weighted by atomic mass is 32.1. The molecule has 0 fully saturated rings. The van der Waals surface area contributed by atoms with Crippen molar-refractivity contribution in [3.8, 4) is 16.8 Å². The molecule has 0 aliphatic carbocycles. The molecule has 126 valence electrons. The van der Waals surface area contributed by atoms with Crippen LogP contribution in [-0.4, -0.2) is 15.8 Å². The van der Waals surface area contributed by atoms with Gasteiger partial charge in [0, 0.05) is 11.6 Å². The maximum absolute atomic E-state index is 12.6. The van der Waals surface area contributed by atoms with Gasteiger partial charge >= 0.3 is 6.18 Å². The van der Waals surface area contributed by atoms with Crippen molar-refractivity contribution in [1.82, 2.24) is 9.97 Å². The molecule has 5 nitrogen and oxygen atoms in total. The zero-order valence-corrected chi connectivity index (χ0v) is 13.1. The predicted molar refractivity (Wildman–Crippen MR) is 81.7 cm³/mol. The topological polar surface area (TPSA) is 79.8 Å². The van der Waals surface area contributed by atoms with Crippen molar-refractivity contribution < 1.29 is 22.4 Å². The van der Waals surface area contributed by atoms with E-state index in [1.165, 1.54) is 11.6 Å². The molecule has 0 bridgehead atoms. The lowest BCUT2D eigenvalue weighted by Gasteiger charge is -2.09. The number of ketones is 1. The molecule has 0 saturated carbocycles. The van der Waals surface area contributed by atoms with Gasteiger partial charge in [0.05, 0.1) is 23.6 Å². The highest BCUT2D eigenvalue weighted by Gasteiger charge is 2.32. The third kappa shape index (κ3) is 3.44. The van der Waals surface area contributed by atoms with Crippen LogP contribution in [-0.2, 0) is 6.18 Å². The van der Waals surface area contributed by atoms with Gasteiger partial charge in [-0.05, 0) is 24.3 Å². The molecular weight excluding hydrogens is 355 g/mol. The number of hydrogen-bond acceptors (Lipinski definition) is 6. The number of hydrogen-bond donors (Lipinski definition) is 0. The number of nitrogens with zero attached hydrogens (tertiary/aromatic N) is 3. The van der Waals surface area contributed by atoms with Crippen molar-refractivity contribution >= 4 is 17.1 Å². The van der Waals surface area contributed by atoms with Crippen molar-refractivity contribution in [3.05, 3.63) is 59.1 Å². The maximum Gasteiger partial charge on any atom is 0.417 e. The van der Waals surface area contributed by atoms with Gasteiger partial charge in [0.25, 0.3) is 0 Å². The third-order valence-corrected chi connectivity index (χ3v) is 4.15. The number of carbonyl (C=O) groups excluding carboxylic acids is 1. The molecule has 0 spiro atoms. The quantitative estimate of drug-likeness (QED) is 0.646. The Morgan fingerprint density at radius 1 is 1.32 bits per heavy atom. The number of carbonyl (C=O) groups is 1. The second-order valence-corrected chi connectivity index (χ2v) is 5.77. The molecule has 9 heteroatoms. The summed E-state index contributed by atoms with van der Waals surface area (Å²) in [5.41, 5.74) is -0.980. The van der Waals surface area contributed by atoms with E-state index in [1.54, 1.807) is 18.2 Å². The first-order chi connectivity index (χ1) is 11.9. The Morgan fingerprint density at radius 3 is 2.68 bits per heavy atom. The standard InChI is InChI=1S/C16H8F3N3O2S/c17-16(18,19)9-3-4-11(21-7-9)10(6-20)14(23)12-8-25-15(22-12)13-2-1-5-24-13/h1-5,7-8,10H/t10-/m1/s1. The molecule has 3 rings (SSSR count). The Hall–Kier alpha value is -2.99. The first kappa shape index (κ1) is 16.9. The summed E-state index contributed by atoms with van der Waals surface area (Å²) in [5, 5.41) is 11.2. The van der Waals surface area contributed by atoms with Crippen LogP contribution in [0.25, 0.3) is 10.8 Å². The fourth-order valence-electron chi connectivity index (χ4n) is 2.05. The van der Waals surface area contributed by atoms with E-state index >= 15 is 0 Å². The predicted octanol–water partition coefficient (Wildman–Crippen LogP) is 4.31. The molecule has 3 heterocycles. The summed E-state index contributed by atoms with van der Waals surface area (Å²) in [6.07, 6.45) is -2.48. The summed E-state index contributed by atoms with van der Waals surface area (Å²) in [6.45, 7) is 0. The van der Waals surface area contributed by atoms with Crippen LogP contribution in [0.15, 0.2) is 46.5 Å². The number of furan rings is 1. The Morgan fingerprint density at radius 2 is 2.12 bits per heavy atom. The van der Waals surface area contributed by atoms with Gasteiger partial charge in [0.2, 0.25) is 5.78 Å². The van der Waals surface area contributed by atoms with E-state index < -0.39 is 23.4 Å². The normalized spacial score (nSPS) is 12.6. The molecule has 0 N–H and O–H groups in total. The number of halogens is 3. The highest BCUT2D eigenvalue weighted by Crippen LogP contribution is 2.30. The summed E-state index contributed by atoms with van der Waals surface area (Å²) in [4.78, 5) is 20.2. The fourth-order valence-corrected chi connectivity index (χ4v) is 2.83. The number of pyridine rings is 1. The number of alkyl halides is 3. The second-order valence-electron chi connectivity index (χ2n) is 4.91. The van der Waals surface area contributed by atoms with E-state index in [4.69, 9.17) is 4.42 Å². The van der Waals surface area contributed by atoms with Gasteiger partial charge in [-0.1, -0.05) is 0 Å². The van der Waals surface area contributed by atoms with E-state index in [9.17, 15) is 23.2 Å².